The lowest BCUT2D eigenvalue weighted by Gasteiger charge is -2.32. The molecule has 1 saturated heterocycles. The Bertz CT molecular complexity index is 729. The minimum Gasteiger partial charge on any atom is -0.334 e. The molecule has 2 atom stereocenters. The van der Waals surface area contributed by atoms with Gasteiger partial charge in [-0.2, -0.15) is 0 Å². The van der Waals surface area contributed by atoms with E-state index in [1.165, 1.54) is 6.07 Å². The van der Waals surface area contributed by atoms with Crippen LogP contribution in [-0.2, 0) is 11.3 Å². The molecule has 4 nitrogen and oxygen atoms in total. The fourth-order valence-corrected chi connectivity index (χ4v) is 3.76. The molecular formula is C22H28FN3O. The molecule has 0 bridgehead atoms. The molecule has 144 valence electrons. The first kappa shape index (κ1) is 19.5. The lowest BCUT2D eigenvalue weighted by molar-refractivity contribution is -0.135. The summed E-state index contributed by atoms with van der Waals surface area (Å²) in [5.41, 5.74) is 1.49. The fraction of sp³-hybridized carbons (Fsp3) is 0.455. The summed E-state index contributed by atoms with van der Waals surface area (Å²) in [5.74, 6) is -0.329. The molecule has 2 unspecified atom stereocenters. The van der Waals surface area contributed by atoms with E-state index in [9.17, 15) is 9.18 Å². The molecule has 0 spiro atoms. The molecule has 1 aromatic heterocycles. The Kier molecular flexibility index (Phi) is 6.93. The molecule has 3 rings (SSSR count). The molecule has 0 radical (unpaired) electrons. The predicted molar refractivity (Wildman–Crippen MR) is 105 cm³/mol. The Morgan fingerprint density at radius 3 is 2.81 bits per heavy atom. The van der Waals surface area contributed by atoms with E-state index in [4.69, 9.17) is 0 Å². The number of rotatable bonds is 6. The average molecular weight is 369 g/mol. The molecule has 2 heterocycles. The lowest BCUT2D eigenvalue weighted by Crippen LogP contribution is -2.41. The Morgan fingerprint density at radius 1 is 1.22 bits per heavy atom. The number of carbonyl (C=O) groups is 1. The van der Waals surface area contributed by atoms with E-state index in [0.717, 1.165) is 38.0 Å². The summed E-state index contributed by atoms with van der Waals surface area (Å²) >= 11 is 0. The van der Waals surface area contributed by atoms with Gasteiger partial charge in [-0.25, -0.2) is 4.39 Å². The molecule has 5 heteroatoms. The Balaban J connectivity index is 1.76. The van der Waals surface area contributed by atoms with Crippen LogP contribution < -0.4 is 5.32 Å². The first-order chi connectivity index (χ1) is 13.1. The fourth-order valence-electron chi connectivity index (χ4n) is 3.76. The van der Waals surface area contributed by atoms with E-state index in [0.29, 0.717) is 18.5 Å². The number of hydrogen-bond acceptors (Lipinski definition) is 3. The number of benzene rings is 1. The van der Waals surface area contributed by atoms with Crippen molar-refractivity contribution in [2.75, 3.05) is 13.1 Å². The Labute approximate surface area is 160 Å². The number of amides is 1. The molecule has 2 aromatic rings. The molecule has 1 aliphatic rings. The van der Waals surface area contributed by atoms with Crippen molar-refractivity contribution in [3.05, 3.63) is 65.7 Å². The highest BCUT2D eigenvalue weighted by atomic mass is 19.1. The summed E-state index contributed by atoms with van der Waals surface area (Å²) < 4.78 is 14.1. The zero-order valence-corrected chi connectivity index (χ0v) is 15.9. The van der Waals surface area contributed by atoms with Crippen molar-refractivity contribution in [3.8, 4) is 0 Å². The standard InChI is InChI=1S/C22H28FN3O/c1-17(20-9-2-3-10-21(20)23)15-22(27)26(16-18-7-4-5-13-25-18)19-8-6-12-24-14-11-19/h2-5,7,9-10,13,17,19,24H,6,8,11-12,14-16H2,1H3. The van der Waals surface area contributed by atoms with Crippen LogP contribution in [0.2, 0.25) is 0 Å². The normalized spacial score (nSPS) is 18.5. The smallest absolute Gasteiger partial charge is 0.223 e. The van der Waals surface area contributed by atoms with Crippen LogP contribution in [0.15, 0.2) is 48.7 Å². The van der Waals surface area contributed by atoms with Crippen molar-refractivity contribution in [1.82, 2.24) is 15.2 Å². The van der Waals surface area contributed by atoms with Crippen LogP contribution in [0.25, 0.3) is 0 Å². The van der Waals surface area contributed by atoms with Gasteiger partial charge in [0.2, 0.25) is 5.91 Å². The largest absolute Gasteiger partial charge is 0.334 e. The van der Waals surface area contributed by atoms with Crippen molar-refractivity contribution < 1.29 is 9.18 Å². The maximum atomic E-state index is 14.1. The van der Waals surface area contributed by atoms with Crippen LogP contribution >= 0.6 is 0 Å². The molecule has 1 aliphatic heterocycles. The lowest BCUT2D eigenvalue weighted by atomic mass is 9.95. The van der Waals surface area contributed by atoms with Gasteiger partial charge >= 0.3 is 0 Å². The number of carbonyl (C=O) groups excluding carboxylic acids is 1. The highest BCUT2D eigenvalue weighted by Gasteiger charge is 2.27. The van der Waals surface area contributed by atoms with E-state index in [1.54, 1.807) is 18.3 Å². The summed E-state index contributed by atoms with van der Waals surface area (Å²) in [6.07, 6.45) is 5.04. The van der Waals surface area contributed by atoms with Gasteiger partial charge in [-0.15, -0.1) is 0 Å². The van der Waals surface area contributed by atoms with E-state index in [-0.39, 0.29) is 23.7 Å². The third kappa shape index (κ3) is 5.36. The number of pyridine rings is 1. The van der Waals surface area contributed by atoms with E-state index in [1.807, 2.05) is 36.1 Å². The van der Waals surface area contributed by atoms with Gasteiger partial charge in [0.05, 0.1) is 12.2 Å². The summed E-state index contributed by atoms with van der Waals surface area (Å²) in [4.78, 5) is 19.6. The average Bonchev–Trinajstić information content (AvgIpc) is 2.96. The molecule has 0 aliphatic carbocycles. The first-order valence-corrected chi connectivity index (χ1v) is 9.79. The molecule has 1 fully saturated rings. The van der Waals surface area contributed by atoms with Gasteiger partial charge in [0.15, 0.2) is 0 Å². The van der Waals surface area contributed by atoms with Crippen LogP contribution in [0, 0.1) is 5.82 Å². The SMILES string of the molecule is CC(CC(=O)N(Cc1ccccn1)C1CCCNCC1)c1ccccc1F. The van der Waals surface area contributed by atoms with Gasteiger partial charge in [-0.1, -0.05) is 31.2 Å². The van der Waals surface area contributed by atoms with Gasteiger partial charge in [-0.3, -0.25) is 9.78 Å². The van der Waals surface area contributed by atoms with Gasteiger partial charge in [0.1, 0.15) is 5.82 Å². The van der Waals surface area contributed by atoms with E-state index in [2.05, 4.69) is 10.3 Å². The molecule has 1 aromatic carbocycles. The number of aromatic nitrogens is 1. The number of hydrogen-bond donors (Lipinski definition) is 1. The Hall–Kier alpha value is -2.27. The first-order valence-electron chi connectivity index (χ1n) is 9.79. The third-order valence-corrected chi connectivity index (χ3v) is 5.28. The summed E-state index contributed by atoms with van der Waals surface area (Å²) in [7, 11) is 0. The molecule has 1 amide bonds. The monoisotopic (exact) mass is 369 g/mol. The maximum Gasteiger partial charge on any atom is 0.223 e. The third-order valence-electron chi connectivity index (χ3n) is 5.28. The topological polar surface area (TPSA) is 45.2 Å². The highest BCUT2D eigenvalue weighted by molar-refractivity contribution is 5.77. The highest BCUT2D eigenvalue weighted by Crippen LogP contribution is 2.25. The van der Waals surface area contributed by atoms with Crippen molar-refractivity contribution in [1.29, 1.82) is 0 Å². The van der Waals surface area contributed by atoms with Crippen molar-refractivity contribution in [2.45, 2.75) is 51.1 Å². The number of nitrogens with one attached hydrogen (secondary N) is 1. The van der Waals surface area contributed by atoms with Gasteiger partial charge in [-0.05, 0) is 62.0 Å². The van der Waals surface area contributed by atoms with Crippen LogP contribution in [0.4, 0.5) is 4.39 Å². The number of halogens is 1. The minimum atomic E-state index is -0.243. The van der Waals surface area contributed by atoms with Gasteiger partial charge in [0.25, 0.3) is 0 Å². The minimum absolute atomic E-state index is 0.0725. The van der Waals surface area contributed by atoms with Crippen LogP contribution in [0.5, 0.6) is 0 Å². The predicted octanol–water partition coefficient (Wildman–Crippen LogP) is 3.89. The number of nitrogens with zero attached hydrogens (tertiary/aromatic N) is 2. The van der Waals surface area contributed by atoms with Crippen molar-refractivity contribution in [2.24, 2.45) is 0 Å². The molecular weight excluding hydrogens is 341 g/mol. The molecule has 0 saturated carbocycles. The van der Waals surface area contributed by atoms with Crippen LogP contribution in [0.1, 0.15) is 49.8 Å². The second-order valence-corrected chi connectivity index (χ2v) is 7.30. The second kappa shape index (κ2) is 9.60. The summed E-state index contributed by atoms with van der Waals surface area (Å²) in [5, 5.41) is 3.41. The van der Waals surface area contributed by atoms with Crippen molar-refractivity contribution in [3.63, 3.8) is 0 Å². The second-order valence-electron chi connectivity index (χ2n) is 7.30. The van der Waals surface area contributed by atoms with E-state index < -0.39 is 0 Å². The van der Waals surface area contributed by atoms with Gasteiger partial charge < -0.3 is 10.2 Å². The zero-order valence-electron chi connectivity index (χ0n) is 15.9. The van der Waals surface area contributed by atoms with Crippen LogP contribution in [0.3, 0.4) is 0 Å². The van der Waals surface area contributed by atoms with Crippen molar-refractivity contribution >= 4 is 5.91 Å². The Morgan fingerprint density at radius 2 is 2.04 bits per heavy atom. The van der Waals surface area contributed by atoms with Crippen LogP contribution in [-0.4, -0.2) is 34.9 Å². The zero-order chi connectivity index (χ0) is 19.1. The molecule has 1 N–H and O–H groups in total. The summed E-state index contributed by atoms with van der Waals surface area (Å²) in [6, 6.07) is 12.7. The van der Waals surface area contributed by atoms with E-state index >= 15 is 0 Å². The quantitative estimate of drug-likeness (QED) is 0.840. The van der Waals surface area contributed by atoms with Gasteiger partial charge in [0, 0.05) is 18.7 Å². The summed E-state index contributed by atoms with van der Waals surface area (Å²) in [6.45, 7) is 4.34. The maximum absolute atomic E-state index is 14.1. The molecule has 27 heavy (non-hydrogen) atoms.